The predicted octanol–water partition coefficient (Wildman–Crippen LogP) is -0.272. The van der Waals surface area contributed by atoms with Gasteiger partial charge < -0.3 is 25.6 Å². The maximum absolute atomic E-state index is 12.1. The fourth-order valence-electron chi connectivity index (χ4n) is 1.91. The van der Waals surface area contributed by atoms with Crippen LogP contribution in [0.5, 0.6) is 5.75 Å². The Hall–Kier alpha value is -1.63. The Morgan fingerprint density at radius 3 is 2.55 bits per heavy atom. The second-order valence-electron chi connectivity index (χ2n) is 4.80. The molecule has 0 aliphatic rings. The van der Waals surface area contributed by atoms with Crippen LogP contribution >= 0.6 is 0 Å². The zero-order valence-electron chi connectivity index (χ0n) is 11.8. The molecule has 1 amide bonds. The number of benzene rings is 1. The quantitative estimate of drug-likeness (QED) is 0.639. The highest BCUT2D eigenvalue weighted by Gasteiger charge is 2.20. The van der Waals surface area contributed by atoms with Gasteiger partial charge in [0.1, 0.15) is 5.75 Å². The summed E-state index contributed by atoms with van der Waals surface area (Å²) in [7, 11) is 3.08. The number of ether oxygens (including phenoxy) is 1. The monoisotopic (exact) mass is 282 g/mol. The van der Waals surface area contributed by atoms with Crippen LogP contribution < -0.4 is 5.73 Å². The molecule has 112 valence electrons. The summed E-state index contributed by atoms with van der Waals surface area (Å²) in [6, 6.07) is 5.88. The zero-order valence-corrected chi connectivity index (χ0v) is 11.8. The van der Waals surface area contributed by atoms with E-state index in [1.807, 2.05) is 0 Å². The SMILES string of the molecule is COCC(O)CN(C)C(=O)C(N)Cc1ccc(O)cc1. The standard InChI is InChI=1S/C14H22N2O4/c1-16(8-12(18)9-20-2)14(19)13(15)7-10-3-5-11(17)6-4-10/h3-6,12-13,17-18H,7-9,15H2,1-2H3. The molecule has 0 heterocycles. The van der Waals surface area contributed by atoms with Gasteiger partial charge in [0.05, 0.1) is 18.8 Å². The highest BCUT2D eigenvalue weighted by atomic mass is 16.5. The van der Waals surface area contributed by atoms with E-state index in [4.69, 9.17) is 10.5 Å². The third-order valence-electron chi connectivity index (χ3n) is 2.93. The van der Waals surface area contributed by atoms with Gasteiger partial charge in [-0.15, -0.1) is 0 Å². The number of carbonyl (C=O) groups excluding carboxylic acids is 1. The lowest BCUT2D eigenvalue weighted by molar-refractivity contribution is -0.132. The average molecular weight is 282 g/mol. The van der Waals surface area contributed by atoms with Crippen LogP contribution in [0.4, 0.5) is 0 Å². The number of hydrogen-bond acceptors (Lipinski definition) is 5. The third-order valence-corrected chi connectivity index (χ3v) is 2.93. The number of aliphatic hydroxyl groups excluding tert-OH is 1. The van der Waals surface area contributed by atoms with Crippen molar-refractivity contribution in [2.45, 2.75) is 18.6 Å². The number of aromatic hydroxyl groups is 1. The molecule has 4 N–H and O–H groups in total. The molecule has 0 bridgehead atoms. The van der Waals surface area contributed by atoms with Gasteiger partial charge in [-0.1, -0.05) is 12.1 Å². The molecule has 0 aliphatic carbocycles. The van der Waals surface area contributed by atoms with Gasteiger partial charge in [-0.25, -0.2) is 0 Å². The number of hydrogen-bond donors (Lipinski definition) is 3. The summed E-state index contributed by atoms with van der Waals surface area (Å²) in [4.78, 5) is 13.5. The number of likely N-dealkylation sites (N-methyl/N-ethyl adjacent to an activating group) is 1. The van der Waals surface area contributed by atoms with E-state index < -0.39 is 12.1 Å². The minimum Gasteiger partial charge on any atom is -0.508 e. The summed E-state index contributed by atoms with van der Waals surface area (Å²) in [6.45, 7) is 0.348. The van der Waals surface area contributed by atoms with Crippen LogP contribution in [0.2, 0.25) is 0 Å². The molecule has 1 aromatic rings. The minimum absolute atomic E-state index is 0.171. The number of carbonyl (C=O) groups is 1. The number of nitrogens with zero attached hydrogens (tertiary/aromatic N) is 1. The van der Waals surface area contributed by atoms with E-state index in [0.717, 1.165) is 5.56 Å². The summed E-state index contributed by atoms with van der Waals surface area (Å²) in [5.74, 6) is -0.0679. The van der Waals surface area contributed by atoms with Crippen LogP contribution in [0.3, 0.4) is 0 Å². The van der Waals surface area contributed by atoms with Gasteiger partial charge in [0.25, 0.3) is 0 Å². The first-order valence-electron chi connectivity index (χ1n) is 6.39. The first kappa shape index (κ1) is 16.4. The number of phenols is 1. The number of aliphatic hydroxyl groups is 1. The van der Waals surface area contributed by atoms with Crippen molar-refractivity contribution in [2.75, 3.05) is 27.3 Å². The number of nitrogens with two attached hydrogens (primary N) is 1. The van der Waals surface area contributed by atoms with E-state index in [-0.39, 0.29) is 24.8 Å². The zero-order chi connectivity index (χ0) is 15.1. The summed E-state index contributed by atoms with van der Waals surface area (Å²) in [5, 5.41) is 18.8. The van der Waals surface area contributed by atoms with E-state index >= 15 is 0 Å². The number of rotatable bonds is 7. The van der Waals surface area contributed by atoms with Gasteiger partial charge in [0.15, 0.2) is 0 Å². The summed E-state index contributed by atoms with van der Waals surface area (Å²) >= 11 is 0. The topological polar surface area (TPSA) is 96.0 Å². The maximum Gasteiger partial charge on any atom is 0.239 e. The van der Waals surface area contributed by atoms with Gasteiger partial charge in [0.2, 0.25) is 5.91 Å². The van der Waals surface area contributed by atoms with Crippen molar-refractivity contribution in [1.82, 2.24) is 4.90 Å². The van der Waals surface area contributed by atoms with Crippen LogP contribution in [0.25, 0.3) is 0 Å². The van der Waals surface area contributed by atoms with Gasteiger partial charge in [-0.2, -0.15) is 0 Å². The van der Waals surface area contributed by atoms with Crippen LogP contribution in [0.1, 0.15) is 5.56 Å². The molecule has 0 saturated carbocycles. The summed E-state index contributed by atoms with van der Waals surface area (Å²) < 4.78 is 4.81. The molecule has 6 nitrogen and oxygen atoms in total. The molecule has 0 radical (unpaired) electrons. The normalized spacial score (nSPS) is 13.8. The largest absolute Gasteiger partial charge is 0.508 e. The van der Waals surface area contributed by atoms with Gasteiger partial charge in [-0.05, 0) is 24.1 Å². The highest BCUT2D eigenvalue weighted by molar-refractivity contribution is 5.81. The van der Waals surface area contributed by atoms with Crippen molar-refractivity contribution < 1.29 is 19.7 Å². The molecule has 0 aliphatic heterocycles. The molecule has 20 heavy (non-hydrogen) atoms. The fourth-order valence-corrected chi connectivity index (χ4v) is 1.91. The smallest absolute Gasteiger partial charge is 0.239 e. The van der Waals surface area contributed by atoms with Crippen LogP contribution in [0.15, 0.2) is 24.3 Å². The molecular weight excluding hydrogens is 260 g/mol. The minimum atomic E-state index is -0.727. The maximum atomic E-state index is 12.1. The van der Waals surface area contributed by atoms with Gasteiger partial charge in [0, 0.05) is 20.7 Å². The first-order chi connectivity index (χ1) is 9.43. The van der Waals surface area contributed by atoms with Crippen LogP contribution in [0, 0.1) is 0 Å². The molecule has 2 unspecified atom stereocenters. The Morgan fingerprint density at radius 2 is 2.00 bits per heavy atom. The molecule has 1 rings (SSSR count). The molecule has 0 saturated heterocycles. The lowest BCUT2D eigenvalue weighted by atomic mass is 10.1. The number of amides is 1. The van der Waals surface area contributed by atoms with Crippen molar-refractivity contribution in [3.8, 4) is 5.75 Å². The van der Waals surface area contributed by atoms with E-state index in [0.29, 0.717) is 6.42 Å². The summed E-state index contributed by atoms with van der Waals surface area (Å²) in [5.41, 5.74) is 6.74. The summed E-state index contributed by atoms with van der Waals surface area (Å²) in [6.07, 6.45) is -0.348. The first-order valence-corrected chi connectivity index (χ1v) is 6.39. The van der Waals surface area contributed by atoms with Gasteiger partial charge in [-0.3, -0.25) is 4.79 Å². The molecule has 0 aromatic heterocycles. The number of methoxy groups -OCH3 is 1. The lowest BCUT2D eigenvalue weighted by Gasteiger charge is -2.23. The van der Waals surface area contributed by atoms with E-state index in [2.05, 4.69) is 0 Å². The van der Waals surface area contributed by atoms with Crippen molar-refractivity contribution >= 4 is 5.91 Å². The van der Waals surface area contributed by atoms with Crippen molar-refractivity contribution in [3.63, 3.8) is 0 Å². The molecular formula is C14H22N2O4. The highest BCUT2D eigenvalue weighted by Crippen LogP contribution is 2.11. The average Bonchev–Trinajstić information content (AvgIpc) is 2.40. The van der Waals surface area contributed by atoms with Crippen LogP contribution in [-0.4, -0.2) is 60.5 Å². The second kappa shape index (κ2) is 7.84. The van der Waals surface area contributed by atoms with E-state index in [1.54, 1.807) is 31.3 Å². The number of phenolic OH excluding ortho intramolecular Hbond substituents is 1. The third kappa shape index (κ3) is 5.16. The van der Waals surface area contributed by atoms with E-state index in [1.165, 1.54) is 12.0 Å². The second-order valence-corrected chi connectivity index (χ2v) is 4.80. The Bertz CT molecular complexity index is 422. The van der Waals surface area contributed by atoms with Crippen molar-refractivity contribution in [2.24, 2.45) is 5.73 Å². The fraction of sp³-hybridized carbons (Fsp3) is 0.500. The Morgan fingerprint density at radius 1 is 1.40 bits per heavy atom. The van der Waals surface area contributed by atoms with Crippen molar-refractivity contribution in [1.29, 1.82) is 0 Å². The van der Waals surface area contributed by atoms with Crippen LogP contribution in [-0.2, 0) is 16.0 Å². The lowest BCUT2D eigenvalue weighted by Crippen LogP contribution is -2.46. The molecule has 6 heteroatoms. The molecule has 0 fully saturated rings. The van der Waals surface area contributed by atoms with Crippen molar-refractivity contribution in [3.05, 3.63) is 29.8 Å². The van der Waals surface area contributed by atoms with Gasteiger partial charge >= 0.3 is 0 Å². The van der Waals surface area contributed by atoms with E-state index in [9.17, 15) is 15.0 Å². The Balaban J connectivity index is 2.51. The Kier molecular flexibility index (Phi) is 6.44. The molecule has 0 spiro atoms. The Labute approximate surface area is 118 Å². The molecule has 2 atom stereocenters. The predicted molar refractivity (Wildman–Crippen MR) is 75.3 cm³/mol. The molecule has 1 aromatic carbocycles.